The topological polar surface area (TPSA) is 111 Å². The molecule has 0 saturated carbocycles. The van der Waals surface area contributed by atoms with Gasteiger partial charge in [0.15, 0.2) is 17.7 Å². The molecule has 1 atom stereocenters. The lowest BCUT2D eigenvalue weighted by Crippen LogP contribution is -2.47. The molecule has 8 nitrogen and oxygen atoms in total. The normalized spacial score (nSPS) is 11.4. The van der Waals surface area contributed by atoms with Gasteiger partial charge >= 0.3 is 5.00 Å². The summed E-state index contributed by atoms with van der Waals surface area (Å²) < 4.78 is 18.6. The van der Waals surface area contributed by atoms with Gasteiger partial charge in [0, 0.05) is 11.4 Å². The number of nitrogens with one attached hydrogen (secondary N) is 2. The Balaban J connectivity index is 1.88. The number of halogens is 1. The maximum atomic E-state index is 13.4. The van der Waals surface area contributed by atoms with Crippen molar-refractivity contribution in [1.82, 2.24) is 10.9 Å². The van der Waals surface area contributed by atoms with E-state index in [9.17, 15) is 24.1 Å². The Hall–Kier alpha value is -3.01. The van der Waals surface area contributed by atoms with Crippen molar-refractivity contribution in [2.24, 2.45) is 0 Å². The summed E-state index contributed by atoms with van der Waals surface area (Å²) in [5.74, 6) is -2.14. The van der Waals surface area contributed by atoms with Gasteiger partial charge in [-0.25, -0.2) is 4.39 Å². The van der Waals surface area contributed by atoms with Crippen LogP contribution in [-0.4, -0.2) is 22.8 Å². The van der Waals surface area contributed by atoms with Crippen LogP contribution in [0.1, 0.15) is 17.3 Å². The first-order chi connectivity index (χ1) is 11.4. The van der Waals surface area contributed by atoms with Crippen molar-refractivity contribution in [2.75, 3.05) is 0 Å². The van der Waals surface area contributed by atoms with E-state index in [4.69, 9.17) is 4.74 Å². The van der Waals surface area contributed by atoms with Crippen LogP contribution in [-0.2, 0) is 4.79 Å². The zero-order valence-electron chi connectivity index (χ0n) is 12.3. The number of rotatable bonds is 5. The van der Waals surface area contributed by atoms with Crippen LogP contribution in [0.3, 0.4) is 0 Å². The molecule has 2 amide bonds. The third kappa shape index (κ3) is 4.26. The number of carbonyl (C=O) groups excluding carboxylic acids is 2. The molecule has 10 heteroatoms. The molecule has 1 heterocycles. The number of benzene rings is 1. The second kappa shape index (κ2) is 7.51. The Kier molecular flexibility index (Phi) is 5.42. The minimum atomic E-state index is -1.07. The number of carbonyl (C=O) groups is 2. The summed E-state index contributed by atoms with van der Waals surface area (Å²) in [6.45, 7) is 1.38. The zero-order valence-corrected chi connectivity index (χ0v) is 13.1. The summed E-state index contributed by atoms with van der Waals surface area (Å²) in [5.41, 5.74) is 4.25. The molecular weight excluding hydrogens is 341 g/mol. The lowest BCUT2D eigenvalue weighted by atomic mass is 10.3. The van der Waals surface area contributed by atoms with Gasteiger partial charge in [-0.3, -0.25) is 30.6 Å². The molecule has 0 bridgehead atoms. The van der Waals surface area contributed by atoms with Gasteiger partial charge in [0.2, 0.25) is 0 Å². The van der Waals surface area contributed by atoms with Gasteiger partial charge in [0.05, 0.1) is 10.5 Å². The molecule has 0 fully saturated rings. The molecular formula is C14H12FN3O5S. The monoisotopic (exact) mass is 353 g/mol. The Labute approximate surface area is 139 Å². The van der Waals surface area contributed by atoms with Crippen LogP contribution in [0, 0.1) is 15.9 Å². The fourth-order valence-corrected chi connectivity index (χ4v) is 2.32. The van der Waals surface area contributed by atoms with Gasteiger partial charge in [0.1, 0.15) is 0 Å². The van der Waals surface area contributed by atoms with Crippen molar-refractivity contribution < 1.29 is 23.6 Å². The summed E-state index contributed by atoms with van der Waals surface area (Å²) in [5, 5.41) is 11.7. The smallest absolute Gasteiger partial charge is 0.324 e. The van der Waals surface area contributed by atoms with Gasteiger partial charge in [0.25, 0.3) is 11.8 Å². The number of ether oxygens (including phenoxy) is 1. The van der Waals surface area contributed by atoms with Crippen LogP contribution in [0.2, 0.25) is 0 Å². The van der Waals surface area contributed by atoms with Gasteiger partial charge in [-0.15, -0.1) is 0 Å². The number of para-hydroxylation sites is 1. The zero-order chi connectivity index (χ0) is 17.7. The maximum Gasteiger partial charge on any atom is 0.324 e. The molecule has 1 unspecified atom stereocenters. The molecule has 0 saturated heterocycles. The molecule has 1 aromatic carbocycles. The quantitative estimate of drug-likeness (QED) is 0.631. The molecule has 2 aromatic rings. The van der Waals surface area contributed by atoms with Gasteiger partial charge in [-0.05, 0) is 19.1 Å². The first-order valence-electron chi connectivity index (χ1n) is 6.63. The van der Waals surface area contributed by atoms with E-state index in [1.807, 2.05) is 0 Å². The average Bonchev–Trinajstić information content (AvgIpc) is 3.04. The number of amides is 2. The second-order valence-electron chi connectivity index (χ2n) is 4.56. The number of thiophene rings is 1. The van der Waals surface area contributed by atoms with Gasteiger partial charge < -0.3 is 4.74 Å². The second-order valence-corrected chi connectivity index (χ2v) is 5.45. The lowest BCUT2D eigenvalue weighted by Gasteiger charge is -2.15. The Morgan fingerprint density at radius 1 is 1.33 bits per heavy atom. The first kappa shape index (κ1) is 17.3. The van der Waals surface area contributed by atoms with Crippen molar-refractivity contribution in [2.45, 2.75) is 13.0 Å². The molecule has 2 N–H and O–H groups in total. The van der Waals surface area contributed by atoms with E-state index in [1.165, 1.54) is 30.5 Å². The fraction of sp³-hybridized carbons (Fsp3) is 0.143. The molecule has 0 aliphatic carbocycles. The predicted octanol–water partition coefficient (Wildman–Crippen LogP) is 2.02. The lowest BCUT2D eigenvalue weighted by molar-refractivity contribution is -0.380. The number of hydrogen-bond donors (Lipinski definition) is 2. The summed E-state index contributed by atoms with van der Waals surface area (Å²) >= 11 is 0.791. The minimum absolute atomic E-state index is 0.0367. The third-order valence-electron chi connectivity index (χ3n) is 2.84. The van der Waals surface area contributed by atoms with Gasteiger partial charge in [-0.1, -0.05) is 23.5 Å². The molecule has 0 spiro atoms. The van der Waals surface area contributed by atoms with Crippen LogP contribution >= 0.6 is 11.3 Å². The van der Waals surface area contributed by atoms with E-state index in [1.54, 1.807) is 6.07 Å². The Bertz CT molecular complexity index is 779. The number of nitrogens with zero attached hydrogens (tertiary/aromatic N) is 1. The highest BCUT2D eigenvalue weighted by molar-refractivity contribution is 7.13. The molecule has 0 aliphatic heterocycles. The summed E-state index contributed by atoms with van der Waals surface area (Å²) in [7, 11) is 0. The Morgan fingerprint density at radius 2 is 2.04 bits per heavy atom. The van der Waals surface area contributed by atoms with E-state index in [-0.39, 0.29) is 16.3 Å². The van der Waals surface area contributed by atoms with E-state index in [0.717, 1.165) is 17.4 Å². The van der Waals surface area contributed by atoms with Crippen LogP contribution in [0.5, 0.6) is 5.75 Å². The van der Waals surface area contributed by atoms with Crippen LogP contribution in [0.25, 0.3) is 0 Å². The van der Waals surface area contributed by atoms with E-state index in [0.29, 0.717) is 0 Å². The summed E-state index contributed by atoms with van der Waals surface area (Å²) in [4.78, 5) is 33.5. The molecule has 24 heavy (non-hydrogen) atoms. The predicted molar refractivity (Wildman–Crippen MR) is 83.1 cm³/mol. The van der Waals surface area contributed by atoms with Crippen molar-refractivity contribution in [1.29, 1.82) is 0 Å². The molecule has 0 radical (unpaired) electrons. The third-order valence-corrected chi connectivity index (χ3v) is 3.72. The SMILES string of the molecule is CC(Oc1ccccc1F)C(=O)NNC(=O)c1csc([N+](=O)[O-])c1. The minimum Gasteiger partial charge on any atom is -0.478 e. The van der Waals surface area contributed by atoms with E-state index < -0.39 is 28.7 Å². The molecule has 0 aliphatic rings. The molecule has 1 aromatic heterocycles. The van der Waals surface area contributed by atoms with Crippen LogP contribution in [0.15, 0.2) is 35.7 Å². The largest absolute Gasteiger partial charge is 0.478 e. The molecule has 2 rings (SSSR count). The number of nitro groups is 1. The van der Waals surface area contributed by atoms with Crippen molar-refractivity contribution in [3.05, 3.63) is 57.2 Å². The highest BCUT2D eigenvalue weighted by Crippen LogP contribution is 2.22. The number of hydrazine groups is 1. The fourth-order valence-electron chi connectivity index (χ4n) is 1.62. The Morgan fingerprint density at radius 3 is 2.67 bits per heavy atom. The van der Waals surface area contributed by atoms with Crippen molar-refractivity contribution in [3.8, 4) is 5.75 Å². The van der Waals surface area contributed by atoms with E-state index in [2.05, 4.69) is 10.9 Å². The van der Waals surface area contributed by atoms with Crippen LogP contribution < -0.4 is 15.6 Å². The maximum absolute atomic E-state index is 13.4. The van der Waals surface area contributed by atoms with Gasteiger partial charge in [-0.2, -0.15) is 0 Å². The first-order valence-corrected chi connectivity index (χ1v) is 7.50. The van der Waals surface area contributed by atoms with Crippen molar-refractivity contribution in [3.63, 3.8) is 0 Å². The molecule has 126 valence electrons. The highest BCUT2D eigenvalue weighted by atomic mass is 32.1. The summed E-state index contributed by atoms with van der Waals surface area (Å²) in [6.07, 6.45) is -1.07. The average molecular weight is 353 g/mol. The van der Waals surface area contributed by atoms with Crippen molar-refractivity contribution >= 4 is 28.2 Å². The van der Waals surface area contributed by atoms with E-state index >= 15 is 0 Å². The van der Waals surface area contributed by atoms with Crippen LogP contribution in [0.4, 0.5) is 9.39 Å². The highest BCUT2D eigenvalue weighted by Gasteiger charge is 2.19. The number of hydrogen-bond acceptors (Lipinski definition) is 6. The summed E-state index contributed by atoms with van der Waals surface area (Å²) in [6, 6.07) is 6.67. The standard InChI is InChI=1S/C14H12FN3O5S/c1-8(23-11-5-3-2-4-10(11)15)13(19)16-17-14(20)9-6-12(18(21)22)24-7-9/h2-8H,1H3,(H,16,19)(H,17,20).